The third kappa shape index (κ3) is 3.83. The Hall–Kier alpha value is -0.600. The number of fused-ring (bicyclic) bond motifs is 1. The SMILES string of the molecule is C/C1=C\CC[C@@H](C)/C=C/[C@@]2(C)CCC(C(C)(C)O)C2[C@@H](O)C1. The van der Waals surface area contributed by atoms with E-state index in [1.807, 2.05) is 13.8 Å². The lowest BCUT2D eigenvalue weighted by Crippen LogP contribution is -2.43. The van der Waals surface area contributed by atoms with E-state index in [0.29, 0.717) is 5.92 Å². The van der Waals surface area contributed by atoms with Crippen LogP contribution in [0.15, 0.2) is 23.8 Å². The van der Waals surface area contributed by atoms with Crippen LogP contribution in [-0.4, -0.2) is 21.9 Å². The largest absolute Gasteiger partial charge is 0.392 e. The molecule has 2 rings (SSSR count). The van der Waals surface area contributed by atoms with Gasteiger partial charge in [0.15, 0.2) is 0 Å². The van der Waals surface area contributed by atoms with Crippen molar-refractivity contribution in [3.63, 3.8) is 0 Å². The number of rotatable bonds is 1. The van der Waals surface area contributed by atoms with Gasteiger partial charge in [-0.25, -0.2) is 0 Å². The maximum Gasteiger partial charge on any atom is 0.0623 e. The lowest BCUT2D eigenvalue weighted by Gasteiger charge is -2.40. The molecule has 2 aliphatic carbocycles. The van der Waals surface area contributed by atoms with E-state index in [4.69, 9.17) is 0 Å². The fourth-order valence-corrected chi connectivity index (χ4v) is 4.58. The van der Waals surface area contributed by atoms with Crippen LogP contribution in [0.1, 0.15) is 66.7 Å². The summed E-state index contributed by atoms with van der Waals surface area (Å²) < 4.78 is 0. The third-order valence-corrected chi connectivity index (χ3v) is 5.96. The van der Waals surface area contributed by atoms with Crippen LogP contribution < -0.4 is 0 Å². The zero-order valence-corrected chi connectivity index (χ0v) is 15.0. The number of hydrogen-bond donors (Lipinski definition) is 2. The Kier molecular flexibility index (Phi) is 5.23. The van der Waals surface area contributed by atoms with Gasteiger partial charge in [-0.15, -0.1) is 0 Å². The minimum absolute atomic E-state index is 0.0109. The molecule has 0 aromatic rings. The van der Waals surface area contributed by atoms with E-state index in [9.17, 15) is 10.2 Å². The Morgan fingerprint density at radius 1 is 1.27 bits per heavy atom. The first kappa shape index (κ1) is 17.7. The van der Waals surface area contributed by atoms with Gasteiger partial charge in [-0.3, -0.25) is 0 Å². The Bertz CT molecular complexity index is 443. The highest BCUT2D eigenvalue weighted by atomic mass is 16.3. The van der Waals surface area contributed by atoms with Gasteiger partial charge in [0.1, 0.15) is 0 Å². The molecule has 0 saturated heterocycles. The second kappa shape index (κ2) is 6.49. The van der Waals surface area contributed by atoms with E-state index in [1.165, 1.54) is 12.0 Å². The third-order valence-electron chi connectivity index (χ3n) is 5.96. The molecule has 0 aromatic carbocycles. The fourth-order valence-electron chi connectivity index (χ4n) is 4.58. The van der Waals surface area contributed by atoms with E-state index in [-0.39, 0.29) is 23.4 Å². The quantitative estimate of drug-likeness (QED) is 0.702. The predicted molar refractivity (Wildman–Crippen MR) is 92.5 cm³/mol. The lowest BCUT2D eigenvalue weighted by atomic mass is 9.68. The van der Waals surface area contributed by atoms with E-state index in [0.717, 1.165) is 25.7 Å². The first-order chi connectivity index (χ1) is 10.1. The van der Waals surface area contributed by atoms with Crippen LogP contribution in [0.25, 0.3) is 0 Å². The molecule has 0 aromatic heterocycles. The molecule has 0 heterocycles. The second-order valence-corrected chi connectivity index (χ2v) is 8.57. The van der Waals surface area contributed by atoms with Gasteiger partial charge >= 0.3 is 0 Å². The second-order valence-electron chi connectivity index (χ2n) is 8.57. The molecule has 2 N–H and O–H groups in total. The summed E-state index contributed by atoms with van der Waals surface area (Å²) >= 11 is 0. The lowest BCUT2D eigenvalue weighted by molar-refractivity contribution is -0.0509. The molecular weight excluding hydrogens is 272 g/mol. The highest BCUT2D eigenvalue weighted by Gasteiger charge is 2.51. The van der Waals surface area contributed by atoms with E-state index in [1.54, 1.807) is 0 Å². The number of aliphatic hydroxyl groups is 2. The van der Waals surface area contributed by atoms with Gasteiger partial charge in [-0.1, -0.05) is 37.6 Å². The maximum atomic E-state index is 10.9. The van der Waals surface area contributed by atoms with Crippen molar-refractivity contribution in [2.75, 3.05) is 0 Å². The van der Waals surface area contributed by atoms with Gasteiger partial charge in [0.2, 0.25) is 0 Å². The molecule has 0 spiro atoms. The topological polar surface area (TPSA) is 40.5 Å². The minimum Gasteiger partial charge on any atom is -0.392 e. The van der Waals surface area contributed by atoms with Gasteiger partial charge in [0.05, 0.1) is 11.7 Å². The molecule has 0 amide bonds. The zero-order valence-electron chi connectivity index (χ0n) is 15.0. The van der Waals surface area contributed by atoms with Crippen LogP contribution in [0.3, 0.4) is 0 Å². The average molecular weight is 306 g/mol. The fraction of sp³-hybridized carbons (Fsp3) is 0.800. The van der Waals surface area contributed by atoms with Gasteiger partial charge < -0.3 is 10.2 Å². The summed E-state index contributed by atoms with van der Waals surface area (Å²) in [6.07, 6.45) is 11.6. The number of aliphatic hydroxyl groups excluding tert-OH is 1. The van der Waals surface area contributed by atoms with Crippen LogP contribution in [0.5, 0.6) is 0 Å². The van der Waals surface area contributed by atoms with Crippen LogP contribution >= 0.6 is 0 Å². The summed E-state index contributed by atoms with van der Waals surface area (Å²) in [5.41, 5.74) is 0.536. The molecule has 1 fully saturated rings. The monoisotopic (exact) mass is 306 g/mol. The summed E-state index contributed by atoms with van der Waals surface area (Å²) in [4.78, 5) is 0. The van der Waals surface area contributed by atoms with Gasteiger partial charge in [-0.05, 0) is 76.0 Å². The summed E-state index contributed by atoms with van der Waals surface area (Å²) in [5.74, 6) is 0.844. The average Bonchev–Trinajstić information content (AvgIpc) is 2.73. The Morgan fingerprint density at radius 2 is 1.95 bits per heavy atom. The van der Waals surface area contributed by atoms with Crippen molar-refractivity contribution in [3.8, 4) is 0 Å². The summed E-state index contributed by atoms with van der Waals surface area (Å²) in [6, 6.07) is 0. The smallest absolute Gasteiger partial charge is 0.0623 e. The maximum absolute atomic E-state index is 10.9. The van der Waals surface area contributed by atoms with E-state index >= 15 is 0 Å². The molecule has 2 aliphatic rings. The molecule has 2 heteroatoms. The predicted octanol–water partition coefficient (Wildman–Crippen LogP) is 4.47. The Balaban J connectivity index is 2.39. The van der Waals surface area contributed by atoms with Crippen LogP contribution in [-0.2, 0) is 0 Å². The van der Waals surface area contributed by atoms with Crippen molar-refractivity contribution in [2.24, 2.45) is 23.2 Å². The van der Waals surface area contributed by atoms with Crippen LogP contribution in [0, 0.1) is 23.2 Å². The Labute approximate surface area is 136 Å². The van der Waals surface area contributed by atoms with Crippen LogP contribution in [0.4, 0.5) is 0 Å². The molecule has 1 saturated carbocycles. The summed E-state index contributed by atoms with van der Waals surface area (Å²) in [5, 5.41) is 21.5. The summed E-state index contributed by atoms with van der Waals surface area (Å²) in [6.45, 7) is 10.5. The van der Waals surface area contributed by atoms with Gasteiger partial charge in [0.25, 0.3) is 0 Å². The molecule has 0 bridgehead atoms. The first-order valence-electron chi connectivity index (χ1n) is 8.89. The van der Waals surface area contributed by atoms with Crippen molar-refractivity contribution in [1.82, 2.24) is 0 Å². The van der Waals surface area contributed by atoms with E-state index < -0.39 is 5.60 Å². The molecule has 126 valence electrons. The first-order valence-corrected chi connectivity index (χ1v) is 8.89. The molecule has 0 radical (unpaired) electrons. The number of allylic oxidation sites excluding steroid dienone is 3. The van der Waals surface area contributed by atoms with Crippen molar-refractivity contribution >= 4 is 0 Å². The molecule has 22 heavy (non-hydrogen) atoms. The van der Waals surface area contributed by atoms with Crippen molar-refractivity contribution in [1.29, 1.82) is 0 Å². The van der Waals surface area contributed by atoms with Crippen LogP contribution in [0.2, 0.25) is 0 Å². The molecule has 5 atom stereocenters. The molecule has 2 nitrogen and oxygen atoms in total. The number of hydrogen-bond acceptors (Lipinski definition) is 2. The zero-order chi connectivity index (χ0) is 16.5. The highest BCUT2D eigenvalue weighted by Crippen LogP contribution is 2.54. The molecule has 2 unspecified atom stereocenters. The minimum atomic E-state index is -0.735. The van der Waals surface area contributed by atoms with Crippen molar-refractivity contribution < 1.29 is 10.2 Å². The van der Waals surface area contributed by atoms with Gasteiger partial charge in [-0.2, -0.15) is 0 Å². The molecular formula is C20H34O2. The molecule has 0 aliphatic heterocycles. The summed E-state index contributed by atoms with van der Waals surface area (Å²) in [7, 11) is 0. The highest BCUT2D eigenvalue weighted by molar-refractivity contribution is 5.14. The normalized spacial score (nSPS) is 44.6. The van der Waals surface area contributed by atoms with Crippen molar-refractivity contribution in [2.45, 2.75) is 78.4 Å². The Morgan fingerprint density at radius 3 is 2.59 bits per heavy atom. The standard InChI is InChI=1S/C20H34O2/c1-14-7-6-8-15(2)13-17(21)18-16(19(3,4)22)10-12-20(18,5)11-9-14/h8-9,11,14,16-18,21-22H,6-7,10,12-13H2,1-5H3/b11-9+,15-8+/t14-,16?,17+,18?,20+/m1/s1. The van der Waals surface area contributed by atoms with Gasteiger partial charge in [0, 0.05) is 0 Å². The van der Waals surface area contributed by atoms with Crippen molar-refractivity contribution in [3.05, 3.63) is 23.8 Å². The van der Waals surface area contributed by atoms with E-state index in [2.05, 4.69) is 39.0 Å².